The molecule has 0 spiro atoms. The van der Waals surface area contributed by atoms with Gasteiger partial charge in [0, 0.05) is 25.2 Å². The van der Waals surface area contributed by atoms with Gasteiger partial charge in [-0.25, -0.2) is 0 Å². The average molecular weight is 303 g/mol. The van der Waals surface area contributed by atoms with Crippen molar-refractivity contribution in [2.45, 2.75) is 50.7 Å². The number of nitrogens with zero attached hydrogens (tertiary/aromatic N) is 1. The number of likely N-dealkylation sites (tertiary alicyclic amines) is 1. The summed E-state index contributed by atoms with van der Waals surface area (Å²) in [5.41, 5.74) is 1.27. The third-order valence-corrected chi connectivity index (χ3v) is 4.81. The fourth-order valence-corrected chi connectivity index (χ4v) is 3.44. The highest BCUT2D eigenvalue weighted by Gasteiger charge is 2.31. The molecule has 1 aliphatic heterocycles. The minimum absolute atomic E-state index is 0.248. The van der Waals surface area contributed by atoms with Crippen molar-refractivity contribution >= 4 is 17.3 Å². The minimum Gasteiger partial charge on any atom is -0.360 e. The van der Waals surface area contributed by atoms with E-state index >= 15 is 0 Å². The number of hydrogen-bond acceptors (Lipinski definition) is 2. The van der Waals surface area contributed by atoms with Crippen molar-refractivity contribution in [3.63, 3.8) is 0 Å². The van der Waals surface area contributed by atoms with Crippen LogP contribution in [-0.2, 0) is 0 Å². The Balaban J connectivity index is 1.42. The normalized spacial score (nSPS) is 21.8. The number of thiocarbonyl (C=S) groups is 1. The molecule has 1 unspecified atom stereocenters. The van der Waals surface area contributed by atoms with Crippen molar-refractivity contribution in [1.29, 1.82) is 0 Å². The van der Waals surface area contributed by atoms with Crippen molar-refractivity contribution in [3.05, 3.63) is 35.9 Å². The number of nitrogens with one attached hydrogen (secondary N) is 2. The van der Waals surface area contributed by atoms with Gasteiger partial charge in [-0.2, -0.15) is 0 Å². The predicted molar refractivity (Wildman–Crippen MR) is 91.3 cm³/mol. The number of hydrogen-bond donors (Lipinski definition) is 2. The Morgan fingerprint density at radius 1 is 1.14 bits per heavy atom. The van der Waals surface area contributed by atoms with E-state index in [-0.39, 0.29) is 6.04 Å². The third-order valence-electron chi connectivity index (χ3n) is 4.58. The van der Waals surface area contributed by atoms with E-state index < -0.39 is 0 Å². The molecule has 3 rings (SSSR count). The zero-order valence-electron chi connectivity index (χ0n) is 12.7. The van der Waals surface area contributed by atoms with Crippen molar-refractivity contribution in [1.82, 2.24) is 15.5 Å². The smallest absolute Gasteiger partial charge is 0.166 e. The summed E-state index contributed by atoms with van der Waals surface area (Å²) < 4.78 is 0. The first-order valence-corrected chi connectivity index (χ1v) is 8.49. The lowest BCUT2D eigenvalue weighted by Gasteiger charge is -2.33. The molecule has 1 aromatic rings. The Bertz CT molecular complexity index is 464. The molecule has 2 fully saturated rings. The lowest BCUT2D eigenvalue weighted by molar-refractivity contribution is 0.197. The van der Waals surface area contributed by atoms with Gasteiger partial charge in [0.15, 0.2) is 5.11 Å². The van der Waals surface area contributed by atoms with Gasteiger partial charge in [-0.3, -0.25) is 0 Å². The largest absolute Gasteiger partial charge is 0.360 e. The highest BCUT2D eigenvalue weighted by atomic mass is 32.1. The summed E-state index contributed by atoms with van der Waals surface area (Å²) in [6, 6.07) is 12.1. The van der Waals surface area contributed by atoms with Crippen molar-refractivity contribution in [3.8, 4) is 0 Å². The zero-order valence-corrected chi connectivity index (χ0v) is 13.5. The van der Waals surface area contributed by atoms with Crippen LogP contribution in [0.3, 0.4) is 0 Å². The summed E-state index contributed by atoms with van der Waals surface area (Å²) >= 11 is 5.47. The second-order valence-corrected chi connectivity index (χ2v) is 6.70. The lowest BCUT2D eigenvalue weighted by atomic mass is 10.1. The van der Waals surface area contributed by atoms with E-state index in [0.29, 0.717) is 6.04 Å². The van der Waals surface area contributed by atoms with Crippen LogP contribution in [0.5, 0.6) is 0 Å². The van der Waals surface area contributed by atoms with Crippen LogP contribution in [0.1, 0.15) is 44.2 Å². The van der Waals surface area contributed by atoms with Crippen LogP contribution in [0.4, 0.5) is 0 Å². The van der Waals surface area contributed by atoms with Crippen LogP contribution in [0, 0.1) is 0 Å². The maximum Gasteiger partial charge on any atom is 0.166 e. The van der Waals surface area contributed by atoms with Gasteiger partial charge in [-0.1, -0.05) is 30.3 Å². The molecular weight excluding hydrogens is 278 g/mol. The molecule has 21 heavy (non-hydrogen) atoms. The quantitative estimate of drug-likeness (QED) is 0.837. The van der Waals surface area contributed by atoms with Gasteiger partial charge in [0.2, 0.25) is 0 Å². The van der Waals surface area contributed by atoms with Crippen molar-refractivity contribution in [2.75, 3.05) is 13.1 Å². The van der Waals surface area contributed by atoms with Gasteiger partial charge in [0.1, 0.15) is 0 Å². The Morgan fingerprint density at radius 2 is 1.81 bits per heavy atom. The van der Waals surface area contributed by atoms with Gasteiger partial charge in [0.05, 0.1) is 6.04 Å². The summed E-state index contributed by atoms with van der Waals surface area (Å²) in [4.78, 5) is 2.64. The van der Waals surface area contributed by atoms with E-state index in [1.807, 2.05) is 6.07 Å². The van der Waals surface area contributed by atoms with Crippen molar-refractivity contribution < 1.29 is 0 Å². The first kappa shape index (κ1) is 14.8. The van der Waals surface area contributed by atoms with E-state index in [4.69, 9.17) is 12.2 Å². The molecule has 2 N–H and O–H groups in total. The standard InChI is InChI=1S/C17H25N3S/c1-13(14-5-3-2-4-6-14)18-17(21)19-15-9-11-20(12-10-15)16-7-8-16/h2-6,13,15-16H,7-12H2,1H3,(H2,18,19,21). The SMILES string of the molecule is CC(NC(=S)NC1CCN(C2CC2)CC1)c1ccccc1. The summed E-state index contributed by atoms with van der Waals surface area (Å²) in [5.74, 6) is 0. The van der Waals surface area contributed by atoms with Crippen LogP contribution < -0.4 is 10.6 Å². The molecule has 0 aromatic heterocycles. The average Bonchev–Trinajstić information content (AvgIpc) is 3.33. The first-order valence-electron chi connectivity index (χ1n) is 8.08. The van der Waals surface area contributed by atoms with Crippen LogP contribution in [0.15, 0.2) is 30.3 Å². The van der Waals surface area contributed by atoms with Gasteiger partial charge in [-0.15, -0.1) is 0 Å². The van der Waals surface area contributed by atoms with E-state index in [0.717, 1.165) is 11.2 Å². The van der Waals surface area contributed by atoms with Gasteiger partial charge >= 0.3 is 0 Å². The Hall–Kier alpha value is -1.13. The van der Waals surface area contributed by atoms with E-state index in [1.165, 1.54) is 44.3 Å². The summed E-state index contributed by atoms with van der Waals surface area (Å²) in [6.45, 7) is 4.59. The highest BCUT2D eigenvalue weighted by molar-refractivity contribution is 7.80. The zero-order chi connectivity index (χ0) is 14.7. The summed E-state index contributed by atoms with van der Waals surface area (Å²) in [6.07, 6.45) is 5.23. The fourth-order valence-electron chi connectivity index (χ4n) is 3.10. The second-order valence-electron chi connectivity index (χ2n) is 6.29. The summed E-state index contributed by atoms with van der Waals surface area (Å²) in [5, 5.41) is 7.68. The van der Waals surface area contributed by atoms with Crippen LogP contribution in [-0.4, -0.2) is 35.2 Å². The van der Waals surface area contributed by atoms with Crippen molar-refractivity contribution in [2.24, 2.45) is 0 Å². The van der Waals surface area contributed by atoms with Gasteiger partial charge in [-0.05, 0) is 50.4 Å². The van der Waals surface area contributed by atoms with Gasteiger partial charge in [0.25, 0.3) is 0 Å². The monoisotopic (exact) mass is 303 g/mol. The molecule has 0 radical (unpaired) electrons. The molecule has 0 bridgehead atoms. The summed E-state index contributed by atoms with van der Waals surface area (Å²) in [7, 11) is 0. The molecule has 1 saturated heterocycles. The third kappa shape index (κ3) is 4.17. The molecule has 1 saturated carbocycles. The molecule has 1 aliphatic carbocycles. The Labute approximate surface area is 133 Å². The molecule has 2 aliphatic rings. The number of rotatable bonds is 4. The number of benzene rings is 1. The van der Waals surface area contributed by atoms with Gasteiger partial charge < -0.3 is 15.5 Å². The Kier molecular flexibility index (Phi) is 4.76. The molecule has 1 heterocycles. The minimum atomic E-state index is 0.248. The molecule has 114 valence electrons. The van der Waals surface area contributed by atoms with E-state index in [1.54, 1.807) is 0 Å². The molecule has 1 atom stereocenters. The molecule has 3 nitrogen and oxygen atoms in total. The van der Waals surface area contributed by atoms with Crippen LogP contribution >= 0.6 is 12.2 Å². The lowest BCUT2D eigenvalue weighted by Crippen LogP contribution is -2.48. The second kappa shape index (κ2) is 6.75. The maximum atomic E-state index is 5.47. The Morgan fingerprint density at radius 3 is 2.43 bits per heavy atom. The topological polar surface area (TPSA) is 27.3 Å². The molecule has 0 amide bonds. The molecule has 1 aromatic carbocycles. The van der Waals surface area contributed by atoms with E-state index in [9.17, 15) is 0 Å². The molecular formula is C17H25N3S. The fraction of sp³-hybridized carbons (Fsp3) is 0.588. The predicted octanol–water partition coefficient (Wildman–Crippen LogP) is 2.84. The van der Waals surface area contributed by atoms with Crippen LogP contribution in [0.25, 0.3) is 0 Å². The van der Waals surface area contributed by atoms with Crippen LogP contribution in [0.2, 0.25) is 0 Å². The maximum absolute atomic E-state index is 5.47. The van der Waals surface area contributed by atoms with E-state index in [2.05, 4.69) is 46.7 Å². The number of piperidine rings is 1. The molecule has 4 heteroatoms. The first-order chi connectivity index (χ1) is 10.2. The highest BCUT2D eigenvalue weighted by Crippen LogP contribution is 2.29.